The van der Waals surface area contributed by atoms with E-state index in [2.05, 4.69) is 47.4 Å². The summed E-state index contributed by atoms with van der Waals surface area (Å²) in [5.41, 5.74) is 11.5. The van der Waals surface area contributed by atoms with Gasteiger partial charge in [0.25, 0.3) is 0 Å². The Morgan fingerprint density at radius 3 is 2.50 bits per heavy atom. The Morgan fingerprint density at radius 1 is 1.04 bits per heavy atom. The first-order valence-electron chi connectivity index (χ1n) is 8.89. The normalized spacial score (nSPS) is 16.8. The summed E-state index contributed by atoms with van der Waals surface area (Å²) in [5.74, 6) is -0.293. The third kappa shape index (κ3) is 3.26. The minimum Gasteiger partial charge on any atom is -0.368 e. The SMILES string of the molecule is NC(=O)C1c2cc[c]cc2CCN1Cc1ccc(-c2ccccc2)cc1. The predicted molar refractivity (Wildman–Crippen MR) is 103 cm³/mol. The number of carbonyl (C=O) groups excluding carboxylic acids is 1. The second-order valence-corrected chi connectivity index (χ2v) is 6.71. The van der Waals surface area contributed by atoms with Crippen LogP contribution in [-0.4, -0.2) is 17.4 Å². The summed E-state index contributed by atoms with van der Waals surface area (Å²) in [6, 6.07) is 27.4. The Kier molecular flexibility index (Phi) is 4.55. The highest BCUT2D eigenvalue weighted by Gasteiger charge is 2.31. The molecule has 1 radical (unpaired) electrons. The molecule has 129 valence electrons. The van der Waals surface area contributed by atoms with Crippen LogP contribution < -0.4 is 5.73 Å². The topological polar surface area (TPSA) is 46.3 Å². The van der Waals surface area contributed by atoms with Gasteiger partial charge in [0.2, 0.25) is 5.91 Å². The van der Waals surface area contributed by atoms with Crippen LogP contribution in [0.25, 0.3) is 11.1 Å². The van der Waals surface area contributed by atoms with Crippen molar-refractivity contribution in [3.63, 3.8) is 0 Å². The van der Waals surface area contributed by atoms with Gasteiger partial charge in [-0.3, -0.25) is 9.69 Å². The fraction of sp³-hybridized carbons (Fsp3) is 0.174. The standard InChI is InChI=1S/C23H21N2O/c24-23(26)22-21-9-5-4-8-20(21)14-15-25(22)16-17-10-12-19(13-11-17)18-6-2-1-3-7-18/h1-3,5-13,22H,14-16H2,(H2,24,26). The monoisotopic (exact) mass is 341 g/mol. The maximum atomic E-state index is 12.1. The zero-order chi connectivity index (χ0) is 17.9. The fourth-order valence-corrected chi connectivity index (χ4v) is 3.72. The van der Waals surface area contributed by atoms with Gasteiger partial charge in [-0.15, -0.1) is 0 Å². The van der Waals surface area contributed by atoms with Crippen molar-refractivity contribution in [3.8, 4) is 11.1 Å². The Labute approximate surface area is 154 Å². The van der Waals surface area contributed by atoms with Gasteiger partial charge in [-0.25, -0.2) is 0 Å². The Morgan fingerprint density at radius 2 is 1.77 bits per heavy atom. The molecule has 2 N–H and O–H groups in total. The van der Waals surface area contributed by atoms with E-state index in [9.17, 15) is 4.79 Å². The lowest BCUT2D eigenvalue weighted by Gasteiger charge is -2.35. The van der Waals surface area contributed by atoms with E-state index in [-0.39, 0.29) is 11.9 Å². The minimum atomic E-state index is -0.373. The van der Waals surface area contributed by atoms with Gasteiger partial charge < -0.3 is 5.73 Å². The molecular weight excluding hydrogens is 320 g/mol. The number of rotatable bonds is 4. The highest BCUT2D eigenvalue weighted by molar-refractivity contribution is 5.82. The van der Waals surface area contributed by atoms with Crippen LogP contribution >= 0.6 is 0 Å². The molecule has 26 heavy (non-hydrogen) atoms. The van der Waals surface area contributed by atoms with E-state index in [0.29, 0.717) is 6.54 Å². The number of carbonyl (C=O) groups is 1. The minimum absolute atomic E-state index is 0.293. The molecule has 1 heterocycles. The number of primary amides is 1. The molecule has 3 nitrogen and oxygen atoms in total. The molecule has 0 bridgehead atoms. The van der Waals surface area contributed by atoms with Gasteiger partial charge >= 0.3 is 0 Å². The highest BCUT2D eigenvalue weighted by atomic mass is 16.1. The zero-order valence-electron chi connectivity index (χ0n) is 14.6. The van der Waals surface area contributed by atoms with Crippen LogP contribution in [0.15, 0.2) is 72.8 Å². The molecule has 3 heteroatoms. The van der Waals surface area contributed by atoms with Crippen LogP contribution in [0.2, 0.25) is 0 Å². The molecule has 1 atom stereocenters. The number of hydrogen-bond donors (Lipinski definition) is 1. The molecule has 3 aromatic carbocycles. The fourth-order valence-electron chi connectivity index (χ4n) is 3.72. The van der Waals surface area contributed by atoms with E-state index in [1.165, 1.54) is 22.3 Å². The van der Waals surface area contributed by atoms with Crippen molar-refractivity contribution in [2.45, 2.75) is 19.0 Å². The molecule has 1 amide bonds. The first kappa shape index (κ1) is 16.6. The van der Waals surface area contributed by atoms with Crippen LogP contribution in [0, 0.1) is 6.07 Å². The summed E-state index contributed by atoms with van der Waals surface area (Å²) < 4.78 is 0. The number of fused-ring (bicyclic) bond motifs is 1. The maximum Gasteiger partial charge on any atom is 0.239 e. The molecule has 0 aliphatic carbocycles. The second kappa shape index (κ2) is 7.14. The lowest BCUT2D eigenvalue weighted by molar-refractivity contribution is -0.124. The maximum absolute atomic E-state index is 12.1. The van der Waals surface area contributed by atoms with E-state index >= 15 is 0 Å². The first-order chi connectivity index (χ1) is 12.7. The van der Waals surface area contributed by atoms with Crippen molar-refractivity contribution in [3.05, 3.63) is 95.6 Å². The summed E-state index contributed by atoms with van der Waals surface area (Å²) in [5, 5.41) is 0. The van der Waals surface area contributed by atoms with Gasteiger partial charge in [-0.05, 0) is 40.3 Å². The average molecular weight is 341 g/mol. The number of nitrogens with zero attached hydrogens (tertiary/aromatic N) is 1. The lowest BCUT2D eigenvalue weighted by atomic mass is 9.91. The Hall–Kier alpha value is -2.91. The summed E-state index contributed by atoms with van der Waals surface area (Å²) in [6.07, 6.45) is 0.915. The number of nitrogens with two attached hydrogens (primary N) is 1. The van der Waals surface area contributed by atoms with Gasteiger partial charge in [0, 0.05) is 13.1 Å². The zero-order valence-corrected chi connectivity index (χ0v) is 14.6. The van der Waals surface area contributed by atoms with Crippen molar-refractivity contribution >= 4 is 5.91 Å². The molecule has 1 aliphatic heterocycles. The molecule has 0 fully saturated rings. The van der Waals surface area contributed by atoms with E-state index in [1.807, 2.05) is 36.4 Å². The number of hydrogen-bond acceptors (Lipinski definition) is 2. The van der Waals surface area contributed by atoms with E-state index in [1.54, 1.807) is 0 Å². The van der Waals surface area contributed by atoms with Gasteiger partial charge in [0.05, 0.1) is 0 Å². The summed E-state index contributed by atoms with van der Waals surface area (Å²) >= 11 is 0. The van der Waals surface area contributed by atoms with Crippen molar-refractivity contribution in [1.29, 1.82) is 0 Å². The Bertz CT molecular complexity index is 903. The van der Waals surface area contributed by atoms with Crippen LogP contribution in [-0.2, 0) is 17.8 Å². The van der Waals surface area contributed by atoms with Crippen LogP contribution in [0.3, 0.4) is 0 Å². The first-order valence-corrected chi connectivity index (χ1v) is 8.89. The van der Waals surface area contributed by atoms with Crippen molar-refractivity contribution in [2.75, 3.05) is 6.54 Å². The second-order valence-electron chi connectivity index (χ2n) is 6.71. The van der Waals surface area contributed by atoms with Crippen molar-refractivity contribution in [1.82, 2.24) is 4.90 Å². The largest absolute Gasteiger partial charge is 0.368 e. The molecule has 0 spiro atoms. The summed E-state index contributed by atoms with van der Waals surface area (Å²) in [6.45, 7) is 1.53. The molecule has 0 aromatic heterocycles. The molecule has 1 aliphatic rings. The van der Waals surface area contributed by atoms with Crippen molar-refractivity contribution < 1.29 is 4.79 Å². The lowest BCUT2D eigenvalue weighted by Crippen LogP contribution is -2.42. The molecule has 4 rings (SSSR count). The molecule has 0 saturated carbocycles. The van der Waals surface area contributed by atoms with E-state index in [0.717, 1.165) is 18.5 Å². The number of amides is 1. The molecule has 0 saturated heterocycles. The van der Waals surface area contributed by atoms with E-state index < -0.39 is 0 Å². The van der Waals surface area contributed by atoms with Gasteiger partial charge in [-0.1, -0.05) is 72.8 Å². The van der Waals surface area contributed by atoms with Gasteiger partial charge in [0.1, 0.15) is 6.04 Å². The third-order valence-corrected chi connectivity index (χ3v) is 5.03. The van der Waals surface area contributed by atoms with Gasteiger partial charge in [0.15, 0.2) is 0 Å². The summed E-state index contributed by atoms with van der Waals surface area (Å²) in [4.78, 5) is 14.3. The summed E-state index contributed by atoms with van der Waals surface area (Å²) in [7, 11) is 0. The number of benzene rings is 3. The van der Waals surface area contributed by atoms with Crippen LogP contribution in [0.4, 0.5) is 0 Å². The molecule has 3 aromatic rings. The highest BCUT2D eigenvalue weighted by Crippen LogP contribution is 2.31. The molecular formula is C23H21N2O. The Balaban J connectivity index is 1.56. The quantitative estimate of drug-likeness (QED) is 0.786. The van der Waals surface area contributed by atoms with Crippen LogP contribution in [0.5, 0.6) is 0 Å². The van der Waals surface area contributed by atoms with Crippen LogP contribution in [0.1, 0.15) is 22.7 Å². The third-order valence-electron chi connectivity index (χ3n) is 5.03. The van der Waals surface area contributed by atoms with Gasteiger partial charge in [-0.2, -0.15) is 0 Å². The average Bonchev–Trinajstić information content (AvgIpc) is 2.69. The predicted octanol–water partition coefficient (Wildman–Crippen LogP) is 3.74. The van der Waals surface area contributed by atoms with Crippen molar-refractivity contribution in [2.24, 2.45) is 5.73 Å². The van der Waals surface area contributed by atoms with E-state index in [4.69, 9.17) is 5.73 Å². The molecule has 1 unspecified atom stereocenters. The smallest absolute Gasteiger partial charge is 0.239 e.